The Kier molecular flexibility index (Phi) is 9.59. The number of carbonyl (C=O) groups excluding carboxylic acids is 2. The summed E-state index contributed by atoms with van der Waals surface area (Å²) >= 11 is 1.55. The smallest absolute Gasteiger partial charge is 0.273 e. The second-order valence-corrected chi connectivity index (χ2v) is 11.7. The van der Waals surface area contributed by atoms with E-state index in [4.69, 9.17) is 4.74 Å². The number of thioether (sulfide) groups is 1. The number of rotatable bonds is 10. The molecule has 0 aliphatic carbocycles. The molecule has 0 bridgehead atoms. The van der Waals surface area contributed by atoms with Gasteiger partial charge in [0, 0.05) is 66.3 Å². The van der Waals surface area contributed by atoms with Gasteiger partial charge in [-0.15, -0.1) is 10.2 Å². The number of benzene rings is 3. The van der Waals surface area contributed by atoms with Crippen molar-refractivity contribution in [3.63, 3.8) is 0 Å². The SMILES string of the molecule is COc1cccc(-c2nnc(SCCCC(=O)N3CCN(C(=O)c4ccc(C)c([N+](=O)[O-])c4)C(C)C3)n2-c2ccccc2)c1. The van der Waals surface area contributed by atoms with Crippen molar-refractivity contribution in [1.29, 1.82) is 0 Å². The van der Waals surface area contributed by atoms with Gasteiger partial charge in [-0.3, -0.25) is 24.3 Å². The molecule has 1 aromatic heterocycles. The van der Waals surface area contributed by atoms with Crippen molar-refractivity contribution < 1.29 is 19.2 Å². The molecule has 0 spiro atoms. The van der Waals surface area contributed by atoms with E-state index in [0.717, 1.165) is 22.2 Å². The van der Waals surface area contributed by atoms with Crippen LogP contribution >= 0.6 is 11.8 Å². The summed E-state index contributed by atoms with van der Waals surface area (Å²) < 4.78 is 7.42. The van der Waals surface area contributed by atoms with Crippen molar-refractivity contribution in [2.24, 2.45) is 0 Å². The normalized spacial score (nSPS) is 14.8. The van der Waals surface area contributed by atoms with Crippen LogP contribution in [-0.2, 0) is 4.79 Å². The Hall–Kier alpha value is -4.71. The highest BCUT2D eigenvalue weighted by molar-refractivity contribution is 7.99. The number of hydrogen-bond acceptors (Lipinski definition) is 8. The molecule has 0 N–H and O–H groups in total. The maximum atomic E-state index is 13.2. The molecule has 2 heterocycles. The van der Waals surface area contributed by atoms with Crippen molar-refractivity contribution >= 4 is 29.3 Å². The van der Waals surface area contributed by atoms with Crippen LogP contribution in [-0.4, -0.2) is 79.8 Å². The first-order valence-electron chi connectivity index (χ1n) is 14.4. The third kappa shape index (κ3) is 6.75. The molecule has 1 unspecified atom stereocenters. The molecule has 2 amide bonds. The lowest BCUT2D eigenvalue weighted by atomic mass is 10.1. The van der Waals surface area contributed by atoms with E-state index in [0.29, 0.717) is 49.6 Å². The Morgan fingerprint density at radius 3 is 2.57 bits per heavy atom. The Bertz CT molecular complexity index is 1660. The highest BCUT2D eigenvalue weighted by Gasteiger charge is 2.31. The van der Waals surface area contributed by atoms with E-state index in [1.165, 1.54) is 6.07 Å². The van der Waals surface area contributed by atoms with Crippen LogP contribution in [0.3, 0.4) is 0 Å². The van der Waals surface area contributed by atoms with Gasteiger partial charge in [-0.05, 0) is 50.6 Å². The molecule has 12 heteroatoms. The highest BCUT2D eigenvalue weighted by Crippen LogP contribution is 2.30. The lowest BCUT2D eigenvalue weighted by Gasteiger charge is -2.40. The summed E-state index contributed by atoms with van der Waals surface area (Å²) in [4.78, 5) is 40.6. The number of nitro groups is 1. The first kappa shape index (κ1) is 30.7. The van der Waals surface area contributed by atoms with E-state index >= 15 is 0 Å². The van der Waals surface area contributed by atoms with Crippen LogP contribution in [0.5, 0.6) is 5.75 Å². The van der Waals surface area contributed by atoms with Gasteiger partial charge in [0.15, 0.2) is 11.0 Å². The van der Waals surface area contributed by atoms with Crippen LogP contribution in [0.15, 0.2) is 78.0 Å². The number of piperazine rings is 1. The van der Waals surface area contributed by atoms with Gasteiger partial charge >= 0.3 is 0 Å². The summed E-state index contributed by atoms with van der Waals surface area (Å²) in [6, 6.07) is 21.9. The third-order valence-corrected chi connectivity index (χ3v) is 8.65. The average Bonchev–Trinajstić information content (AvgIpc) is 3.47. The van der Waals surface area contributed by atoms with Crippen molar-refractivity contribution in [1.82, 2.24) is 24.6 Å². The van der Waals surface area contributed by atoms with E-state index in [1.54, 1.807) is 47.7 Å². The third-order valence-electron chi connectivity index (χ3n) is 7.64. The average molecular weight is 615 g/mol. The molecule has 4 aromatic rings. The fourth-order valence-corrected chi connectivity index (χ4v) is 6.15. The van der Waals surface area contributed by atoms with Gasteiger partial charge in [0.05, 0.1) is 12.0 Å². The molecule has 228 valence electrons. The molecular weight excluding hydrogens is 580 g/mol. The van der Waals surface area contributed by atoms with E-state index in [1.807, 2.05) is 66.1 Å². The maximum absolute atomic E-state index is 13.2. The van der Waals surface area contributed by atoms with Crippen molar-refractivity contribution in [2.75, 3.05) is 32.5 Å². The predicted octanol–water partition coefficient (Wildman–Crippen LogP) is 5.40. The number of aryl methyl sites for hydroxylation is 1. The molecule has 44 heavy (non-hydrogen) atoms. The molecule has 1 fully saturated rings. The number of nitro benzene ring substituents is 1. The first-order chi connectivity index (χ1) is 21.3. The van der Waals surface area contributed by atoms with E-state index in [2.05, 4.69) is 10.2 Å². The molecule has 1 aliphatic rings. The van der Waals surface area contributed by atoms with Gasteiger partial charge in [-0.1, -0.05) is 48.2 Å². The fourth-order valence-electron chi connectivity index (χ4n) is 5.26. The fraction of sp³-hybridized carbons (Fsp3) is 0.312. The molecular formula is C32H34N6O5S. The number of hydrogen-bond donors (Lipinski definition) is 0. The summed E-state index contributed by atoms with van der Waals surface area (Å²) in [7, 11) is 1.63. The Labute approximate surface area is 260 Å². The van der Waals surface area contributed by atoms with E-state index in [9.17, 15) is 19.7 Å². The summed E-state index contributed by atoms with van der Waals surface area (Å²) in [5, 5.41) is 21.0. The van der Waals surface area contributed by atoms with Crippen LogP contribution in [0.1, 0.15) is 35.7 Å². The van der Waals surface area contributed by atoms with Gasteiger partial charge in [0.25, 0.3) is 11.6 Å². The summed E-state index contributed by atoms with van der Waals surface area (Å²) in [6.07, 6.45) is 1.03. The van der Waals surface area contributed by atoms with Crippen molar-refractivity contribution in [3.8, 4) is 22.8 Å². The largest absolute Gasteiger partial charge is 0.497 e. The first-order valence-corrected chi connectivity index (χ1v) is 15.4. The number of aromatic nitrogens is 3. The number of carbonyl (C=O) groups is 2. The number of ether oxygens (including phenoxy) is 1. The van der Waals surface area contributed by atoms with E-state index in [-0.39, 0.29) is 29.1 Å². The van der Waals surface area contributed by atoms with E-state index < -0.39 is 4.92 Å². The molecule has 1 aliphatic heterocycles. The zero-order chi connectivity index (χ0) is 31.2. The molecule has 1 atom stereocenters. The Morgan fingerprint density at radius 1 is 1.05 bits per heavy atom. The van der Waals surface area contributed by atoms with Crippen LogP contribution in [0.25, 0.3) is 17.1 Å². The monoisotopic (exact) mass is 614 g/mol. The number of methoxy groups -OCH3 is 1. The molecule has 5 rings (SSSR count). The summed E-state index contributed by atoms with van der Waals surface area (Å²) in [5.41, 5.74) is 2.54. The summed E-state index contributed by atoms with van der Waals surface area (Å²) in [5.74, 6) is 1.89. The van der Waals surface area contributed by atoms with Crippen molar-refractivity contribution in [3.05, 3.63) is 94.0 Å². The standard InChI is InChI=1S/C32H34N6O5S/c1-22-14-15-25(20-28(22)38(41)42)31(40)36-17-16-35(21-23(36)2)29(39)13-8-18-44-32-34-33-30(24-9-7-12-27(19-24)43-3)37(32)26-10-5-4-6-11-26/h4-7,9-12,14-15,19-20,23H,8,13,16-18,21H2,1-3H3. The zero-order valence-corrected chi connectivity index (χ0v) is 25.7. The van der Waals surface area contributed by atoms with Gasteiger partial charge < -0.3 is 14.5 Å². The van der Waals surface area contributed by atoms with Crippen molar-refractivity contribution in [2.45, 2.75) is 37.9 Å². The number of amides is 2. The molecule has 1 saturated heterocycles. The van der Waals surface area contributed by atoms with Gasteiger partial charge in [0.1, 0.15) is 5.75 Å². The van der Waals surface area contributed by atoms with Crippen LogP contribution in [0.2, 0.25) is 0 Å². The predicted molar refractivity (Wildman–Crippen MR) is 168 cm³/mol. The second kappa shape index (κ2) is 13.7. The Morgan fingerprint density at radius 2 is 1.84 bits per heavy atom. The minimum atomic E-state index is -0.477. The van der Waals surface area contributed by atoms with Crippen LogP contribution in [0.4, 0.5) is 5.69 Å². The minimum Gasteiger partial charge on any atom is -0.497 e. The number of nitrogens with zero attached hydrogens (tertiary/aromatic N) is 6. The Balaban J connectivity index is 1.18. The van der Waals surface area contributed by atoms with Crippen LogP contribution < -0.4 is 4.74 Å². The summed E-state index contributed by atoms with van der Waals surface area (Å²) in [6.45, 7) is 4.74. The molecule has 0 radical (unpaired) electrons. The van der Waals surface area contributed by atoms with Gasteiger partial charge in [-0.2, -0.15) is 0 Å². The zero-order valence-electron chi connectivity index (χ0n) is 24.9. The number of para-hydroxylation sites is 1. The quantitative estimate of drug-likeness (QED) is 0.101. The second-order valence-electron chi connectivity index (χ2n) is 10.6. The molecule has 3 aromatic carbocycles. The van der Waals surface area contributed by atoms with Crippen LogP contribution in [0, 0.1) is 17.0 Å². The van der Waals surface area contributed by atoms with Gasteiger partial charge in [0.2, 0.25) is 5.91 Å². The van der Waals surface area contributed by atoms with Gasteiger partial charge in [-0.25, -0.2) is 0 Å². The minimum absolute atomic E-state index is 0.0390. The maximum Gasteiger partial charge on any atom is 0.273 e. The lowest BCUT2D eigenvalue weighted by Crippen LogP contribution is -2.55. The topological polar surface area (TPSA) is 124 Å². The highest BCUT2D eigenvalue weighted by atomic mass is 32.2. The molecule has 0 saturated carbocycles. The molecule has 11 nitrogen and oxygen atoms in total. The lowest BCUT2D eigenvalue weighted by molar-refractivity contribution is -0.385.